The molecule has 8 unspecified atom stereocenters. The van der Waals surface area contributed by atoms with E-state index in [1.165, 1.54) is 57.8 Å². The van der Waals surface area contributed by atoms with Crippen LogP contribution in [0.2, 0.25) is 0 Å². The zero-order valence-corrected chi connectivity index (χ0v) is 35.5. The number of nitrogens with zero attached hydrogens (tertiary/aromatic N) is 1. The third-order valence-corrected chi connectivity index (χ3v) is 14.4. The molecule has 51 heavy (non-hydrogen) atoms. The number of amides is 2. The standard InChI is InChI=1S/C45H80N2O4/c1-14-32(31(2)3)16-15-17-33-19-21-37-36-20-18-34-30-35(22-24-45(34,13)38(36)23-25-44(33,37)12)50-40(49)47(28-26-41(4,5)6)29-27-43(10,11)46-39(48)51-42(7,8)9/h18,31-33,35-38H,14-17,19-30H2,1-13H3,(H,46,48). The van der Waals surface area contributed by atoms with E-state index in [0.717, 1.165) is 61.2 Å². The Kier molecular flexibility index (Phi) is 13.5. The third kappa shape index (κ3) is 10.7. The lowest BCUT2D eigenvalue weighted by Crippen LogP contribution is -2.51. The van der Waals surface area contributed by atoms with E-state index in [1.54, 1.807) is 5.57 Å². The fraction of sp³-hybridized carbons (Fsp3) is 0.911. The zero-order valence-electron chi connectivity index (χ0n) is 35.5. The number of ether oxygens (including phenoxy) is 2. The zero-order chi connectivity index (χ0) is 38.0. The Balaban J connectivity index is 1.37. The molecule has 0 aromatic heterocycles. The molecule has 3 saturated carbocycles. The van der Waals surface area contributed by atoms with E-state index >= 15 is 0 Å². The van der Waals surface area contributed by atoms with E-state index in [1.807, 2.05) is 39.5 Å². The van der Waals surface area contributed by atoms with E-state index < -0.39 is 17.2 Å². The van der Waals surface area contributed by atoms with Crippen LogP contribution in [-0.4, -0.2) is 47.4 Å². The van der Waals surface area contributed by atoms with Gasteiger partial charge in [0.05, 0.1) is 0 Å². The summed E-state index contributed by atoms with van der Waals surface area (Å²) in [5.41, 5.74) is 1.33. The molecule has 0 aliphatic heterocycles. The molecule has 2 amide bonds. The van der Waals surface area contributed by atoms with Gasteiger partial charge in [-0.25, -0.2) is 9.59 Å². The fourth-order valence-electron chi connectivity index (χ4n) is 11.0. The van der Waals surface area contributed by atoms with Crippen LogP contribution in [0.25, 0.3) is 0 Å². The molecule has 4 rings (SSSR count). The highest BCUT2D eigenvalue weighted by Crippen LogP contribution is 2.67. The Morgan fingerprint density at radius 3 is 2.25 bits per heavy atom. The van der Waals surface area contributed by atoms with Gasteiger partial charge in [0.15, 0.2) is 0 Å². The Hall–Kier alpha value is -1.72. The van der Waals surface area contributed by atoms with Crippen molar-refractivity contribution in [3.8, 4) is 0 Å². The number of hydrogen-bond acceptors (Lipinski definition) is 4. The lowest BCUT2D eigenvalue weighted by molar-refractivity contribution is -0.0536. The predicted octanol–water partition coefficient (Wildman–Crippen LogP) is 12.4. The molecule has 0 spiro atoms. The van der Waals surface area contributed by atoms with E-state index in [-0.39, 0.29) is 23.0 Å². The summed E-state index contributed by atoms with van der Waals surface area (Å²) in [7, 11) is 0. The molecular weight excluding hydrogens is 633 g/mol. The largest absolute Gasteiger partial charge is 0.446 e. The van der Waals surface area contributed by atoms with Crippen molar-refractivity contribution < 1.29 is 19.1 Å². The third-order valence-electron chi connectivity index (χ3n) is 14.4. The van der Waals surface area contributed by atoms with Crippen LogP contribution >= 0.6 is 0 Å². The highest BCUT2D eigenvalue weighted by molar-refractivity contribution is 5.69. The van der Waals surface area contributed by atoms with Gasteiger partial charge < -0.3 is 19.7 Å². The first-order valence-electron chi connectivity index (χ1n) is 21.2. The maximum atomic E-state index is 13.8. The van der Waals surface area contributed by atoms with Gasteiger partial charge in [0.25, 0.3) is 0 Å². The van der Waals surface area contributed by atoms with Crippen LogP contribution in [0.5, 0.6) is 0 Å². The summed E-state index contributed by atoms with van der Waals surface area (Å²) >= 11 is 0. The minimum atomic E-state index is -0.560. The monoisotopic (exact) mass is 713 g/mol. The van der Waals surface area contributed by atoms with Crippen molar-refractivity contribution in [2.24, 2.45) is 51.8 Å². The maximum absolute atomic E-state index is 13.8. The van der Waals surface area contributed by atoms with Crippen molar-refractivity contribution in [3.63, 3.8) is 0 Å². The van der Waals surface area contributed by atoms with Crippen molar-refractivity contribution in [2.75, 3.05) is 13.1 Å². The van der Waals surface area contributed by atoms with Crippen LogP contribution in [0.3, 0.4) is 0 Å². The van der Waals surface area contributed by atoms with E-state index in [9.17, 15) is 9.59 Å². The Bertz CT molecular complexity index is 1210. The van der Waals surface area contributed by atoms with Gasteiger partial charge in [0.2, 0.25) is 0 Å². The number of carbonyl (C=O) groups excluding carboxylic acids is 2. The van der Waals surface area contributed by atoms with Gasteiger partial charge in [-0.15, -0.1) is 0 Å². The molecule has 0 saturated heterocycles. The summed E-state index contributed by atoms with van der Waals surface area (Å²) in [5.74, 6) is 5.03. The summed E-state index contributed by atoms with van der Waals surface area (Å²) in [6.07, 6.45) is 18.8. The van der Waals surface area contributed by atoms with Gasteiger partial charge in [-0.3, -0.25) is 0 Å². The number of alkyl carbamates (subject to hydrolysis) is 1. The predicted molar refractivity (Wildman–Crippen MR) is 212 cm³/mol. The minimum absolute atomic E-state index is 0.0686. The smallest absolute Gasteiger partial charge is 0.410 e. The molecule has 0 heterocycles. The van der Waals surface area contributed by atoms with Crippen molar-refractivity contribution in [2.45, 2.75) is 197 Å². The summed E-state index contributed by atoms with van der Waals surface area (Å²) in [6.45, 7) is 29.8. The first-order valence-corrected chi connectivity index (χ1v) is 21.2. The van der Waals surface area contributed by atoms with Crippen LogP contribution < -0.4 is 5.32 Å². The van der Waals surface area contributed by atoms with E-state index in [2.05, 4.69) is 66.8 Å². The summed E-state index contributed by atoms with van der Waals surface area (Å²) in [6, 6.07) is 0. The Morgan fingerprint density at radius 1 is 0.941 bits per heavy atom. The van der Waals surface area contributed by atoms with Crippen molar-refractivity contribution >= 4 is 12.2 Å². The first kappa shape index (κ1) is 42.0. The minimum Gasteiger partial charge on any atom is -0.446 e. The number of rotatable bonds is 13. The van der Waals surface area contributed by atoms with Crippen molar-refractivity contribution in [3.05, 3.63) is 11.6 Å². The highest BCUT2D eigenvalue weighted by atomic mass is 16.6. The average Bonchev–Trinajstić information content (AvgIpc) is 3.33. The van der Waals surface area contributed by atoms with Crippen LogP contribution in [0.15, 0.2) is 11.6 Å². The summed E-state index contributed by atoms with van der Waals surface area (Å²) in [5, 5.41) is 3.01. The van der Waals surface area contributed by atoms with Crippen molar-refractivity contribution in [1.29, 1.82) is 0 Å². The normalized spacial score (nSPS) is 31.6. The molecule has 0 aromatic rings. The van der Waals surface area contributed by atoms with Crippen LogP contribution in [0.4, 0.5) is 9.59 Å². The lowest BCUT2D eigenvalue weighted by atomic mass is 9.47. The molecule has 0 aromatic carbocycles. The quantitative estimate of drug-likeness (QED) is 0.193. The van der Waals surface area contributed by atoms with Gasteiger partial charge in [-0.2, -0.15) is 0 Å². The molecule has 3 fully saturated rings. The molecule has 4 aliphatic rings. The Morgan fingerprint density at radius 2 is 1.63 bits per heavy atom. The fourth-order valence-corrected chi connectivity index (χ4v) is 11.0. The van der Waals surface area contributed by atoms with Crippen LogP contribution in [0, 0.1) is 51.8 Å². The SMILES string of the molecule is CCC(CCCC1CCC2C3CC=C4CC(OC(=O)N(CCC(C)(C)C)CCC(C)(C)NC(=O)OC(C)(C)C)CCC4(C)C3CCC12C)C(C)C. The second-order valence-electron chi connectivity index (χ2n) is 21.2. The molecule has 6 nitrogen and oxygen atoms in total. The molecule has 4 aliphatic carbocycles. The average molecular weight is 713 g/mol. The van der Waals surface area contributed by atoms with Crippen LogP contribution in [-0.2, 0) is 9.47 Å². The lowest BCUT2D eigenvalue weighted by Gasteiger charge is -2.58. The van der Waals surface area contributed by atoms with Gasteiger partial charge in [0.1, 0.15) is 11.7 Å². The second-order valence-corrected chi connectivity index (χ2v) is 21.2. The van der Waals surface area contributed by atoms with E-state index in [0.29, 0.717) is 24.9 Å². The number of allylic oxidation sites excluding steroid dienone is 1. The highest BCUT2D eigenvalue weighted by Gasteiger charge is 2.58. The molecule has 0 radical (unpaired) electrons. The topological polar surface area (TPSA) is 67.9 Å². The summed E-state index contributed by atoms with van der Waals surface area (Å²) < 4.78 is 11.9. The Labute approximate surface area is 314 Å². The van der Waals surface area contributed by atoms with Gasteiger partial charge in [-0.05, 0) is 151 Å². The van der Waals surface area contributed by atoms with E-state index in [4.69, 9.17) is 9.47 Å². The number of nitrogens with one attached hydrogen (secondary N) is 1. The maximum Gasteiger partial charge on any atom is 0.410 e. The number of fused-ring (bicyclic) bond motifs is 5. The molecule has 294 valence electrons. The number of hydrogen-bond donors (Lipinski definition) is 1. The van der Waals surface area contributed by atoms with Gasteiger partial charge >= 0.3 is 12.2 Å². The number of carbonyl (C=O) groups is 2. The first-order chi connectivity index (χ1) is 23.6. The van der Waals surface area contributed by atoms with Crippen LogP contribution in [0.1, 0.15) is 180 Å². The molecule has 0 bridgehead atoms. The molecule has 8 atom stereocenters. The van der Waals surface area contributed by atoms with Gasteiger partial charge in [-0.1, -0.05) is 86.3 Å². The molecule has 1 N–H and O–H groups in total. The van der Waals surface area contributed by atoms with Crippen molar-refractivity contribution in [1.82, 2.24) is 10.2 Å². The molecular formula is C45H80N2O4. The molecule has 6 heteroatoms. The summed E-state index contributed by atoms with van der Waals surface area (Å²) in [4.78, 5) is 28.3. The van der Waals surface area contributed by atoms with Gasteiger partial charge in [0, 0.05) is 25.0 Å². The second kappa shape index (κ2) is 16.3.